The molecule has 2 heterocycles. The molecule has 114 valence electrons. The van der Waals surface area contributed by atoms with Crippen LogP contribution in [0.2, 0.25) is 10.0 Å². The van der Waals surface area contributed by atoms with E-state index in [1.807, 2.05) is 0 Å². The Labute approximate surface area is 137 Å². The molecule has 1 aromatic heterocycles. The number of nitrogens with two attached hydrogens (primary N) is 1. The number of amides is 1. The first-order chi connectivity index (χ1) is 10.5. The van der Waals surface area contributed by atoms with Crippen molar-refractivity contribution in [3.05, 3.63) is 46.1 Å². The highest BCUT2D eigenvalue weighted by Gasteiger charge is 2.34. The quantitative estimate of drug-likeness (QED) is 0.881. The van der Waals surface area contributed by atoms with Gasteiger partial charge in [0.1, 0.15) is 11.6 Å². The van der Waals surface area contributed by atoms with Gasteiger partial charge in [-0.1, -0.05) is 23.2 Å². The summed E-state index contributed by atoms with van der Waals surface area (Å²) in [6, 6.07) is 6.37. The van der Waals surface area contributed by atoms with Crippen LogP contribution in [0.5, 0.6) is 5.75 Å². The minimum absolute atomic E-state index is 0.0447. The van der Waals surface area contributed by atoms with Gasteiger partial charge in [0.2, 0.25) is 5.91 Å². The van der Waals surface area contributed by atoms with Gasteiger partial charge < -0.3 is 15.7 Å². The fraction of sp³-hybridized carbons (Fsp3) is 0.200. The SMILES string of the molecule is Nc1cc(N2C[C@H](c3c(O)ccc(Cl)c3Cl)CC2=O)ccn1. The van der Waals surface area contributed by atoms with E-state index in [4.69, 9.17) is 28.9 Å². The topological polar surface area (TPSA) is 79.5 Å². The molecule has 0 spiro atoms. The molecule has 1 fully saturated rings. The van der Waals surface area contributed by atoms with Gasteiger partial charge in [0, 0.05) is 42.4 Å². The Kier molecular flexibility index (Phi) is 3.85. The summed E-state index contributed by atoms with van der Waals surface area (Å²) in [7, 11) is 0. The monoisotopic (exact) mass is 337 g/mol. The molecule has 0 unspecified atom stereocenters. The minimum atomic E-state index is -0.229. The number of aromatic hydroxyl groups is 1. The highest BCUT2D eigenvalue weighted by atomic mass is 35.5. The predicted octanol–water partition coefficient (Wildman–Crippen LogP) is 3.20. The van der Waals surface area contributed by atoms with Gasteiger partial charge >= 0.3 is 0 Å². The Morgan fingerprint density at radius 2 is 2.09 bits per heavy atom. The number of nitrogen functional groups attached to an aromatic ring is 1. The van der Waals surface area contributed by atoms with Gasteiger partial charge in [0.15, 0.2) is 0 Å². The van der Waals surface area contributed by atoms with Crippen LogP contribution in [0.4, 0.5) is 11.5 Å². The number of carbonyl (C=O) groups is 1. The van der Waals surface area contributed by atoms with Crippen molar-refractivity contribution in [1.82, 2.24) is 4.98 Å². The summed E-state index contributed by atoms with van der Waals surface area (Å²) >= 11 is 12.2. The highest BCUT2D eigenvalue weighted by molar-refractivity contribution is 6.42. The zero-order valence-corrected chi connectivity index (χ0v) is 13.0. The molecular formula is C15H13Cl2N3O2. The third-order valence-corrected chi connectivity index (χ3v) is 4.54. The van der Waals surface area contributed by atoms with E-state index in [0.29, 0.717) is 28.6 Å². The number of nitrogens with zero attached hydrogens (tertiary/aromatic N) is 2. The van der Waals surface area contributed by atoms with Crippen molar-refractivity contribution in [2.24, 2.45) is 0 Å². The van der Waals surface area contributed by atoms with Crippen LogP contribution < -0.4 is 10.6 Å². The van der Waals surface area contributed by atoms with Crippen LogP contribution in [0.1, 0.15) is 17.9 Å². The van der Waals surface area contributed by atoms with E-state index >= 15 is 0 Å². The molecule has 3 N–H and O–H groups in total. The second kappa shape index (κ2) is 5.66. The van der Waals surface area contributed by atoms with Gasteiger partial charge in [0.25, 0.3) is 0 Å². The molecule has 1 saturated heterocycles. The molecule has 1 atom stereocenters. The summed E-state index contributed by atoms with van der Waals surface area (Å²) < 4.78 is 0. The summed E-state index contributed by atoms with van der Waals surface area (Å²) in [4.78, 5) is 17.8. The van der Waals surface area contributed by atoms with E-state index in [0.717, 1.165) is 0 Å². The van der Waals surface area contributed by atoms with E-state index in [-0.39, 0.29) is 29.0 Å². The fourth-order valence-corrected chi connectivity index (χ4v) is 3.18. The van der Waals surface area contributed by atoms with Gasteiger partial charge in [-0.05, 0) is 18.2 Å². The summed E-state index contributed by atoms with van der Waals surface area (Å²) in [5.41, 5.74) is 6.84. The van der Waals surface area contributed by atoms with Crippen LogP contribution in [0, 0.1) is 0 Å². The molecule has 0 saturated carbocycles. The maximum Gasteiger partial charge on any atom is 0.227 e. The fourth-order valence-electron chi connectivity index (χ4n) is 2.70. The number of phenolic OH excluding ortho intramolecular Hbond substituents is 1. The molecule has 2 aromatic rings. The number of rotatable bonds is 2. The van der Waals surface area contributed by atoms with Crippen molar-refractivity contribution >= 4 is 40.6 Å². The second-order valence-corrected chi connectivity index (χ2v) is 5.92. The first-order valence-corrected chi connectivity index (χ1v) is 7.41. The molecule has 1 amide bonds. The van der Waals surface area contributed by atoms with Crippen LogP contribution in [-0.4, -0.2) is 22.5 Å². The van der Waals surface area contributed by atoms with Crippen molar-refractivity contribution in [2.75, 3.05) is 17.2 Å². The number of hydrogen-bond acceptors (Lipinski definition) is 4. The zero-order valence-electron chi connectivity index (χ0n) is 11.5. The average molecular weight is 338 g/mol. The van der Waals surface area contributed by atoms with Crippen LogP contribution in [0.25, 0.3) is 0 Å². The highest BCUT2D eigenvalue weighted by Crippen LogP contribution is 2.42. The Morgan fingerprint density at radius 1 is 1.32 bits per heavy atom. The lowest BCUT2D eigenvalue weighted by atomic mass is 9.97. The van der Waals surface area contributed by atoms with E-state index < -0.39 is 0 Å². The smallest absolute Gasteiger partial charge is 0.227 e. The first-order valence-electron chi connectivity index (χ1n) is 6.66. The number of hydrogen-bond donors (Lipinski definition) is 2. The van der Waals surface area contributed by atoms with Crippen LogP contribution in [0.15, 0.2) is 30.5 Å². The normalized spacial score (nSPS) is 18.0. The van der Waals surface area contributed by atoms with E-state index in [9.17, 15) is 9.90 Å². The third kappa shape index (κ3) is 2.58. The van der Waals surface area contributed by atoms with Crippen molar-refractivity contribution in [1.29, 1.82) is 0 Å². The molecule has 1 aromatic carbocycles. The molecule has 0 bridgehead atoms. The molecule has 5 nitrogen and oxygen atoms in total. The first kappa shape index (κ1) is 14.9. The van der Waals surface area contributed by atoms with Gasteiger partial charge in [-0.15, -0.1) is 0 Å². The number of halogens is 2. The third-order valence-electron chi connectivity index (χ3n) is 3.72. The summed E-state index contributed by atoms with van der Waals surface area (Å²) in [6.07, 6.45) is 1.80. The molecule has 1 aliphatic rings. The number of benzene rings is 1. The molecule has 7 heteroatoms. The van der Waals surface area contributed by atoms with Crippen LogP contribution >= 0.6 is 23.2 Å². The lowest BCUT2D eigenvalue weighted by molar-refractivity contribution is -0.117. The number of aromatic nitrogens is 1. The predicted molar refractivity (Wildman–Crippen MR) is 86.5 cm³/mol. The number of phenols is 1. The minimum Gasteiger partial charge on any atom is -0.508 e. The van der Waals surface area contributed by atoms with Gasteiger partial charge in [-0.2, -0.15) is 0 Å². The molecular weight excluding hydrogens is 325 g/mol. The van der Waals surface area contributed by atoms with E-state index in [2.05, 4.69) is 4.98 Å². The number of carbonyl (C=O) groups excluding carboxylic acids is 1. The van der Waals surface area contributed by atoms with E-state index in [1.165, 1.54) is 12.1 Å². The maximum absolute atomic E-state index is 12.3. The maximum atomic E-state index is 12.3. The average Bonchev–Trinajstić information content (AvgIpc) is 2.85. The number of pyridine rings is 1. The lowest BCUT2D eigenvalue weighted by Crippen LogP contribution is -2.24. The van der Waals surface area contributed by atoms with Crippen molar-refractivity contribution < 1.29 is 9.90 Å². The van der Waals surface area contributed by atoms with E-state index in [1.54, 1.807) is 23.2 Å². The van der Waals surface area contributed by atoms with Crippen molar-refractivity contribution in [3.8, 4) is 5.75 Å². The largest absolute Gasteiger partial charge is 0.508 e. The van der Waals surface area contributed by atoms with Crippen LogP contribution in [-0.2, 0) is 4.79 Å². The summed E-state index contributed by atoms with van der Waals surface area (Å²) in [5, 5.41) is 10.7. The summed E-state index contributed by atoms with van der Waals surface area (Å²) in [6.45, 7) is 0.399. The van der Waals surface area contributed by atoms with Gasteiger partial charge in [-0.3, -0.25) is 4.79 Å². The Morgan fingerprint density at radius 3 is 2.82 bits per heavy atom. The molecule has 0 radical (unpaired) electrons. The van der Waals surface area contributed by atoms with Crippen molar-refractivity contribution in [2.45, 2.75) is 12.3 Å². The molecule has 1 aliphatic heterocycles. The molecule has 22 heavy (non-hydrogen) atoms. The zero-order chi connectivity index (χ0) is 15.9. The van der Waals surface area contributed by atoms with Gasteiger partial charge in [0.05, 0.1) is 10.0 Å². The standard InChI is InChI=1S/C15H13Cl2N3O2/c16-10-1-2-11(21)14(15(10)17)8-5-13(22)20(7-8)9-3-4-19-12(18)6-9/h1-4,6,8,21H,5,7H2,(H2,18,19)/t8-/m1/s1. The second-order valence-electron chi connectivity index (χ2n) is 5.14. The molecule has 3 rings (SSSR count). The number of anilines is 2. The lowest BCUT2D eigenvalue weighted by Gasteiger charge is -2.18. The summed E-state index contributed by atoms with van der Waals surface area (Å²) in [5.74, 6) is 0.0970. The van der Waals surface area contributed by atoms with Gasteiger partial charge in [-0.25, -0.2) is 4.98 Å². The van der Waals surface area contributed by atoms with Crippen molar-refractivity contribution in [3.63, 3.8) is 0 Å². The molecule has 0 aliphatic carbocycles. The Balaban J connectivity index is 1.94. The Hall–Kier alpha value is -1.98. The van der Waals surface area contributed by atoms with Crippen LogP contribution in [0.3, 0.4) is 0 Å². The Bertz CT molecular complexity index is 752.